The van der Waals surface area contributed by atoms with Crippen LogP contribution in [0.2, 0.25) is 18.6 Å². The Labute approximate surface area is 75.0 Å². The predicted molar refractivity (Wildman–Crippen MR) is 52.5 cm³/mol. The molecule has 0 amide bonds. The largest absolute Gasteiger partial charge is 0.167 e. The van der Waals surface area contributed by atoms with E-state index in [9.17, 15) is 0 Å². The highest BCUT2D eigenvalue weighted by Crippen LogP contribution is 2.56. The predicted octanol–water partition coefficient (Wildman–Crippen LogP) is 3.62. The highest BCUT2D eigenvalue weighted by atomic mass is 35.6. The summed E-state index contributed by atoms with van der Waals surface area (Å²) in [6.45, 7) is 4.64. The first-order chi connectivity index (χ1) is 5.07. The second-order valence-electron chi connectivity index (χ2n) is 4.85. The van der Waals surface area contributed by atoms with Crippen LogP contribution in [0.25, 0.3) is 0 Å². The molecular weight excluding hydrogens is 172 g/mol. The number of fused-ring (bicyclic) bond motifs is 2. The van der Waals surface area contributed by atoms with Crippen LogP contribution in [-0.4, -0.2) is 7.38 Å². The Hall–Kier alpha value is 0.507. The van der Waals surface area contributed by atoms with E-state index in [1.807, 2.05) is 0 Å². The SMILES string of the molecule is C[Si](C)(Cl)C1CC2CCC1C2. The zero-order valence-corrected chi connectivity index (χ0v) is 9.19. The molecule has 0 nitrogen and oxygen atoms in total. The smallest absolute Gasteiger partial charge is 0.153 e. The van der Waals surface area contributed by atoms with Gasteiger partial charge in [-0.1, -0.05) is 25.9 Å². The molecule has 0 spiro atoms. The van der Waals surface area contributed by atoms with E-state index in [-0.39, 0.29) is 0 Å². The summed E-state index contributed by atoms with van der Waals surface area (Å²) < 4.78 is 0. The molecule has 64 valence electrons. The van der Waals surface area contributed by atoms with Crippen LogP contribution in [0.15, 0.2) is 0 Å². The van der Waals surface area contributed by atoms with E-state index in [2.05, 4.69) is 13.1 Å². The maximum atomic E-state index is 6.47. The Kier molecular flexibility index (Phi) is 1.84. The summed E-state index contributed by atoms with van der Waals surface area (Å²) in [6, 6.07) is 0. The molecule has 0 aliphatic heterocycles. The zero-order valence-electron chi connectivity index (χ0n) is 7.44. The van der Waals surface area contributed by atoms with Gasteiger partial charge in [0.1, 0.15) is 0 Å². The summed E-state index contributed by atoms with van der Waals surface area (Å²) in [5.74, 6) is 2.09. The van der Waals surface area contributed by atoms with Gasteiger partial charge < -0.3 is 0 Å². The summed E-state index contributed by atoms with van der Waals surface area (Å²) in [4.78, 5) is 0. The second-order valence-corrected chi connectivity index (χ2v) is 11.6. The van der Waals surface area contributed by atoms with Crippen molar-refractivity contribution in [1.29, 1.82) is 0 Å². The number of halogens is 1. The monoisotopic (exact) mass is 188 g/mol. The van der Waals surface area contributed by atoms with Crippen molar-refractivity contribution in [2.24, 2.45) is 11.8 Å². The summed E-state index contributed by atoms with van der Waals surface area (Å²) in [7, 11) is -1.31. The summed E-state index contributed by atoms with van der Waals surface area (Å²) in [6.07, 6.45) is 5.96. The van der Waals surface area contributed by atoms with E-state index in [0.717, 1.165) is 17.4 Å². The fourth-order valence-electron chi connectivity index (χ4n) is 3.09. The van der Waals surface area contributed by atoms with Gasteiger partial charge in [0, 0.05) is 0 Å². The molecule has 3 unspecified atom stereocenters. The number of hydrogen-bond acceptors (Lipinski definition) is 0. The molecule has 2 aliphatic rings. The highest BCUT2D eigenvalue weighted by Gasteiger charge is 2.46. The second kappa shape index (κ2) is 2.50. The average Bonchev–Trinajstić information content (AvgIpc) is 2.42. The lowest BCUT2D eigenvalue weighted by Gasteiger charge is -2.29. The molecule has 2 heteroatoms. The molecule has 0 saturated heterocycles. The normalized spacial score (nSPS) is 43.4. The van der Waals surface area contributed by atoms with Gasteiger partial charge in [-0.2, -0.15) is 11.1 Å². The van der Waals surface area contributed by atoms with Crippen molar-refractivity contribution in [3.05, 3.63) is 0 Å². The third kappa shape index (κ3) is 1.38. The Morgan fingerprint density at radius 3 is 2.18 bits per heavy atom. The van der Waals surface area contributed by atoms with Gasteiger partial charge in [-0.15, -0.1) is 0 Å². The first-order valence-electron chi connectivity index (χ1n) is 4.76. The van der Waals surface area contributed by atoms with Crippen LogP contribution in [0.4, 0.5) is 0 Å². The van der Waals surface area contributed by atoms with Crippen molar-refractivity contribution in [1.82, 2.24) is 0 Å². The molecule has 0 aromatic heterocycles. The van der Waals surface area contributed by atoms with Gasteiger partial charge >= 0.3 is 0 Å². The Morgan fingerprint density at radius 2 is 1.91 bits per heavy atom. The van der Waals surface area contributed by atoms with Gasteiger partial charge in [0.15, 0.2) is 7.38 Å². The first kappa shape index (κ1) is 8.12. The van der Waals surface area contributed by atoms with Crippen molar-refractivity contribution in [3.8, 4) is 0 Å². The maximum absolute atomic E-state index is 6.47. The molecular formula is C9H17ClSi. The minimum Gasteiger partial charge on any atom is -0.167 e. The lowest BCUT2D eigenvalue weighted by atomic mass is 10.0. The van der Waals surface area contributed by atoms with Crippen LogP contribution >= 0.6 is 11.1 Å². The van der Waals surface area contributed by atoms with Crippen LogP contribution in [-0.2, 0) is 0 Å². The number of rotatable bonds is 1. The maximum Gasteiger partial charge on any atom is 0.153 e. The molecule has 2 rings (SSSR count). The van der Waals surface area contributed by atoms with Crippen molar-refractivity contribution >= 4 is 18.5 Å². The van der Waals surface area contributed by atoms with E-state index in [0.29, 0.717) is 0 Å². The Bertz CT molecular complexity index is 161. The minimum atomic E-state index is -1.31. The van der Waals surface area contributed by atoms with Gasteiger partial charge in [0.2, 0.25) is 0 Å². The minimum absolute atomic E-state index is 0.947. The van der Waals surface area contributed by atoms with Gasteiger partial charge in [-0.3, -0.25) is 0 Å². The fourth-order valence-corrected chi connectivity index (χ4v) is 6.20. The molecule has 2 aliphatic carbocycles. The van der Waals surface area contributed by atoms with Gasteiger partial charge in [0.25, 0.3) is 0 Å². The summed E-state index contributed by atoms with van der Waals surface area (Å²) >= 11 is 6.47. The fraction of sp³-hybridized carbons (Fsp3) is 1.00. The van der Waals surface area contributed by atoms with Crippen LogP contribution in [0.5, 0.6) is 0 Å². The molecule has 3 atom stereocenters. The molecule has 0 aromatic rings. The van der Waals surface area contributed by atoms with E-state index in [1.54, 1.807) is 0 Å². The standard InChI is InChI=1S/C9H17ClSi/c1-11(2,10)9-6-7-3-4-8(9)5-7/h7-9H,3-6H2,1-2H3. The zero-order chi connectivity index (χ0) is 8.06. The Morgan fingerprint density at radius 1 is 1.18 bits per heavy atom. The van der Waals surface area contributed by atoms with Crippen LogP contribution in [0.3, 0.4) is 0 Å². The molecule has 2 bridgehead atoms. The third-order valence-electron chi connectivity index (χ3n) is 3.62. The average molecular weight is 189 g/mol. The van der Waals surface area contributed by atoms with Crippen molar-refractivity contribution in [3.63, 3.8) is 0 Å². The lowest BCUT2D eigenvalue weighted by molar-refractivity contribution is 0.472. The molecule has 0 N–H and O–H groups in total. The van der Waals surface area contributed by atoms with Crippen LogP contribution < -0.4 is 0 Å². The quantitative estimate of drug-likeness (QED) is 0.436. The van der Waals surface area contributed by atoms with Gasteiger partial charge in [-0.25, -0.2) is 0 Å². The lowest BCUT2D eigenvalue weighted by Crippen LogP contribution is -2.29. The van der Waals surface area contributed by atoms with Crippen molar-refractivity contribution in [2.75, 3.05) is 0 Å². The highest BCUT2D eigenvalue weighted by molar-refractivity contribution is 7.19. The van der Waals surface area contributed by atoms with Crippen molar-refractivity contribution < 1.29 is 0 Å². The van der Waals surface area contributed by atoms with E-state index >= 15 is 0 Å². The third-order valence-corrected chi connectivity index (χ3v) is 6.93. The van der Waals surface area contributed by atoms with Gasteiger partial charge in [0.05, 0.1) is 0 Å². The van der Waals surface area contributed by atoms with E-state index < -0.39 is 7.38 Å². The van der Waals surface area contributed by atoms with Crippen LogP contribution in [0, 0.1) is 11.8 Å². The molecule has 0 aromatic carbocycles. The van der Waals surface area contributed by atoms with Crippen LogP contribution in [0.1, 0.15) is 25.7 Å². The molecule has 2 saturated carbocycles. The molecule has 11 heavy (non-hydrogen) atoms. The molecule has 0 heterocycles. The summed E-state index contributed by atoms with van der Waals surface area (Å²) in [5, 5.41) is 0. The first-order valence-corrected chi connectivity index (χ1v) is 8.85. The van der Waals surface area contributed by atoms with E-state index in [1.165, 1.54) is 25.7 Å². The van der Waals surface area contributed by atoms with E-state index in [4.69, 9.17) is 11.1 Å². The molecule has 2 fully saturated rings. The topological polar surface area (TPSA) is 0 Å². The summed E-state index contributed by atoms with van der Waals surface area (Å²) in [5.41, 5.74) is 0.947. The van der Waals surface area contributed by atoms with Crippen molar-refractivity contribution in [2.45, 2.75) is 44.3 Å². The Balaban J connectivity index is 2.08. The van der Waals surface area contributed by atoms with Gasteiger partial charge in [-0.05, 0) is 30.2 Å². The number of hydrogen-bond donors (Lipinski definition) is 0. The molecule has 0 radical (unpaired) electrons.